The number of nitrogens with zero attached hydrogens (tertiary/aromatic N) is 5. The Morgan fingerprint density at radius 1 is 1.38 bits per heavy atom. The number of thioether (sulfide) groups is 1. The van der Waals surface area contributed by atoms with Gasteiger partial charge < -0.3 is 20.5 Å². The Morgan fingerprint density at radius 3 is 3.00 bits per heavy atom. The van der Waals surface area contributed by atoms with Crippen molar-refractivity contribution in [2.75, 3.05) is 31.8 Å². The molecule has 10 nitrogen and oxygen atoms in total. The number of ether oxygens (including phenoxy) is 2. The maximum atomic E-state index is 12.6. The molecule has 178 valence electrons. The summed E-state index contributed by atoms with van der Waals surface area (Å²) in [5.41, 5.74) is 11.2. The number of amides is 1. The van der Waals surface area contributed by atoms with E-state index in [0.717, 1.165) is 50.7 Å². The number of nitrogens with two attached hydrogens (primary N) is 1. The van der Waals surface area contributed by atoms with E-state index in [0.29, 0.717) is 37.6 Å². The van der Waals surface area contributed by atoms with Gasteiger partial charge in [-0.1, -0.05) is 0 Å². The van der Waals surface area contributed by atoms with Gasteiger partial charge in [0.15, 0.2) is 5.65 Å². The quantitative estimate of drug-likeness (QED) is 0.509. The molecule has 1 atom stereocenters. The number of pyridine rings is 1. The molecule has 2 aliphatic rings. The number of nitrogens with one attached hydrogen (secondary N) is 1. The molecule has 0 unspecified atom stereocenters. The van der Waals surface area contributed by atoms with E-state index in [1.165, 1.54) is 0 Å². The Bertz CT molecular complexity index is 1300. The number of carbonyl (C=O) groups excluding carboxylic acids is 1. The minimum Gasteiger partial charge on any atom is -0.496 e. The molecule has 2 aliphatic heterocycles. The van der Waals surface area contributed by atoms with Crippen LogP contribution in [-0.2, 0) is 16.1 Å². The van der Waals surface area contributed by atoms with Gasteiger partial charge in [0.25, 0.3) is 0 Å². The number of hydrogen-bond acceptors (Lipinski definition) is 9. The molecule has 5 heterocycles. The Labute approximate surface area is 201 Å². The maximum absolute atomic E-state index is 12.6. The number of aromatic nitrogens is 5. The van der Waals surface area contributed by atoms with Crippen molar-refractivity contribution in [3.8, 4) is 5.75 Å². The lowest BCUT2D eigenvalue weighted by atomic mass is 10.1. The van der Waals surface area contributed by atoms with Crippen LogP contribution in [-0.4, -0.2) is 62.8 Å². The number of anilines is 1. The van der Waals surface area contributed by atoms with Gasteiger partial charge in [-0.05, 0) is 31.9 Å². The van der Waals surface area contributed by atoms with Gasteiger partial charge in [0.2, 0.25) is 11.9 Å². The number of aryl methyl sites for hydroxylation is 1. The molecule has 0 saturated carbocycles. The van der Waals surface area contributed by atoms with Crippen molar-refractivity contribution >= 4 is 40.7 Å². The highest BCUT2D eigenvalue weighted by molar-refractivity contribution is 7.99. The molecule has 5 rings (SSSR count). The summed E-state index contributed by atoms with van der Waals surface area (Å²) in [6.45, 7) is 5.62. The van der Waals surface area contributed by atoms with Crippen LogP contribution in [0, 0.1) is 13.8 Å². The van der Waals surface area contributed by atoms with E-state index < -0.39 is 0 Å². The molecule has 34 heavy (non-hydrogen) atoms. The third-order valence-corrected chi connectivity index (χ3v) is 7.15. The topological polar surface area (TPSA) is 130 Å². The van der Waals surface area contributed by atoms with Crippen LogP contribution in [0.4, 0.5) is 5.95 Å². The van der Waals surface area contributed by atoms with Crippen LogP contribution in [0.5, 0.6) is 5.75 Å². The molecule has 3 aromatic heterocycles. The van der Waals surface area contributed by atoms with Gasteiger partial charge in [0.05, 0.1) is 43.1 Å². The summed E-state index contributed by atoms with van der Waals surface area (Å²) in [5.74, 6) is 1.62. The maximum Gasteiger partial charge on any atom is 0.224 e. The van der Waals surface area contributed by atoms with Crippen LogP contribution in [0.3, 0.4) is 0 Å². The van der Waals surface area contributed by atoms with Crippen molar-refractivity contribution in [3.05, 3.63) is 34.3 Å². The lowest BCUT2D eigenvalue weighted by Crippen LogP contribution is -2.35. The van der Waals surface area contributed by atoms with Gasteiger partial charge in [-0.15, -0.1) is 11.8 Å². The van der Waals surface area contributed by atoms with Crippen LogP contribution in [0.1, 0.15) is 35.4 Å². The van der Waals surface area contributed by atoms with Crippen LogP contribution in [0.25, 0.3) is 17.1 Å². The van der Waals surface area contributed by atoms with Gasteiger partial charge in [0, 0.05) is 36.1 Å². The molecule has 0 radical (unpaired) electrons. The summed E-state index contributed by atoms with van der Waals surface area (Å²) in [5, 5.41) is 9.50. The fraction of sp³-hybridized carbons (Fsp3) is 0.435. The van der Waals surface area contributed by atoms with Gasteiger partial charge in [-0.3, -0.25) is 9.78 Å². The highest BCUT2D eigenvalue weighted by atomic mass is 32.2. The second kappa shape index (κ2) is 9.22. The van der Waals surface area contributed by atoms with E-state index in [4.69, 9.17) is 20.3 Å². The number of rotatable bonds is 6. The molecule has 0 aromatic carbocycles. The minimum absolute atomic E-state index is 0.0128. The van der Waals surface area contributed by atoms with Crippen molar-refractivity contribution < 1.29 is 14.3 Å². The molecule has 1 fully saturated rings. The molecule has 11 heteroatoms. The summed E-state index contributed by atoms with van der Waals surface area (Å²) < 4.78 is 12.7. The van der Waals surface area contributed by atoms with Gasteiger partial charge in [-0.2, -0.15) is 10.1 Å². The first-order valence-corrected chi connectivity index (χ1v) is 12.1. The van der Waals surface area contributed by atoms with Crippen molar-refractivity contribution in [2.45, 2.75) is 44.3 Å². The SMILES string of the molecule is COc1c(C)cnc(Cn2nc3c4c(nc(N)nc42)SCC(CC(=O)N[C@@H]2CCOC2)=C3)c1C. The van der Waals surface area contributed by atoms with E-state index in [2.05, 4.69) is 20.3 Å². The summed E-state index contributed by atoms with van der Waals surface area (Å²) in [4.78, 5) is 26.2. The average molecular weight is 482 g/mol. The van der Waals surface area contributed by atoms with E-state index in [-0.39, 0.29) is 17.9 Å². The van der Waals surface area contributed by atoms with Crippen molar-refractivity contribution in [2.24, 2.45) is 0 Å². The fourth-order valence-corrected chi connectivity index (χ4v) is 5.41. The molecule has 0 bridgehead atoms. The third-order valence-electron chi connectivity index (χ3n) is 6.07. The molecule has 1 saturated heterocycles. The van der Waals surface area contributed by atoms with Crippen molar-refractivity contribution in [3.63, 3.8) is 0 Å². The summed E-state index contributed by atoms with van der Waals surface area (Å²) >= 11 is 1.55. The minimum atomic E-state index is -0.0128. The molecular weight excluding hydrogens is 454 g/mol. The Kier molecular flexibility index (Phi) is 6.13. The first kappa shape index (κ1) is 22.6. The van der Waals surface area contributed by atoms with E-state index in [9.17, 15) is 4.79 Å². The molecular formula is C23H27N7O3S. The van der Waals surface area contributed by atoms with E-state index >= 15 is 0 Å². The highest BCUT2D eigenvalue weighted by Gasteiger charge is 2.24. The molecule has 0 aliphatic carbocycles. The van der Waals surface area contributed by atoms with E-state index in [1.54, 1.807) is 29.8 Å². The van der Waals surface area contributed by atoms with Gasteiger partial charge in [0.1, 0.15) is 10.8 Å². The number of hydrogen-bond donors (Lipinski definition) is 2. The lowest BCUT2D eigenvalue weighted by Gasteiger charge is -2.13. The monoisotopic (exact) mass is 481 g/mol. The summed E-state index contributed by atoms with van der Waals surface area (Å²) in [6.07, 6.45) is 4.92. The number of nitrogen functional groups attached to an aromatic ring is 1. The largest absolute Gasteiger partial charge is 0.496 e. The van der Waals surface area contributed by atoms with Crippen LogP contribution in [0.15, 0.2) is 16.8 Å². The van der Waals surface area contributed by atoms with Crippen LogP contribution < -0.4 is 15.8 Å². The Hall–Kier alpha value is -3.18. The van der Waals surface area contributed by atoms with Gasteiger partial charge in [-0.25, -0.2) is 9.67 Å². The molecule has 1 amide bonds. The standard InChI is InChI=1S/C23H27N7O3S/c1-12-8-25-17(13(2)20(12)32-3)9-30-21-19-16(29-30)6-14(11-34-22(19)28-23(24)27-21)7-18(31)26-15-4-5-33-10-15/h6,8,15H,4-5,7,9-11H2,1-3H3,(H,26,31)(H2,24,27,28)/t15-/m1/s1. The van der Waals surface area contributed by atoms with Crippen LogP contribution in [0.2, 0.25) is 0 Å². The third kappa shape index (κ3) is 4.32. The average Bonchev–Trinajstić information content (AvgIpc) is 3.38. The van der Waals surface area contributed by atoms with Crippen molar-refractivity contribution in [1.82, 2.24) is 30.0 Å². The smallest absolute Gasteiger partial charge is 0.224 e. The Balaban J connectivity index is 1.48. The fourth-order valence-electron chi connectivity index (χ4n) is 4.40. The summed E-state index contributed by atoms with van der Waals surface area (Å²) in [7, 11) is 1.66. The molecule has 3 N–H and O–H groups in total. The normalized spacial score (nSPS) is 17.5. The van der Waals surface area contributed by atoms with Crippen molar-refractivity contribution in [1.29, 1.82) is 0 Å². The first-order chi connectivity index (χ1) is 16.4. The zero-order valence-electron chi connectivity index (χ0n) is 19.4. The first-order valence-electron chi connectivity index (χ1n) is 11.2. The van der Waals surface area contributed by atoms with Gasteiger partial charge >= 0.3 is 0 Å². The number of carbonyl (C=O) groups is 1. The summed E-state index contributed by atoms with van der Waals surface area (Å²) in [6, 6.07) is 0.0857. The second-order valence-corrected chi connectivity index (χ2v) is 9.53. The predicted octanol–water partition coefficient (Wildman–Crippen LogP) is 2.26. The predicted molar refractivity (Wildman–Crippen MR) is 130 cm³/mol. The second-order valence-electron chi connectivity index (χ2n) is 8.57. The molecule has 3 aromatic rings. The van der Waals surface area contributed by atoms with E-state index in [1.807, 2.05) is 19.9 Å². The zero-order valence-corrected chi connectivity index (χ0v) is 20.2. The molecule has 0 spiro atoms. The lowest BCUT2D eigenvalue weighted by molar-refractivity contribution is -0.121. The highest BCUT2D eigenvalue weighted by Crippen LogP contribution is 2.35. The zero-order chi connectivity index (χ0) is 23.8. The Morgan fingerprint density at radius 2 is 2.24 bits per heavy atom. The number of methoxy groups -OCH3 is 1. The van der Waals surface area contributed by atoms with Crippen LogP contribution >= 0.6 is 11.8 Å².